The minimum atomic E-state index is -4.37. The topological polar surface area (TPSA) is 27.0 Å². The van der Waals surface area contributed by atoms with Gasteiger partial charge in [-0.1, -0.05) is 72.8 Å². The molecule has 0 aliphatic heterocycles. The first-order valence-corrected chi connectivity index (χ1v) is 12.8. The summed E-state index contributed by atoms with van der Waals surface area (Å²) in [6.07, 6.45) is 0.953. The molecule has 0 aromatic heterocycles. The molecule has 188 valence electrons. The molecule has 1 fully saturated rings. The summed E-state index contributed by atoms with van der Waals surface area (Å²) < 4.78 is 39.2. The first kappa shape index (κ1) is 26.0. The van der Waals surface area contributed by atoms with Crippen molar-refractivity contribution in [1.29, 1.82) is 5.26 Å². The van der Waals surface area contributed by atoms with E-state index in [2.05, 4.69) is 59.5 Å². The number of rotatable bonds is 12. The van der Waals surface area contributed by atoms with E-state index in [4.69, 9.17) is 0 Å². The second-order valence-corrected chi connectivity index (χ2v) is 9.85. The van der Waals surface area contributed by atoms with Gasteiger partial charge in [0.2, 0.25) is 0 Å². The first-order chi connectivity index (χ1) is 17.4. The Kier molecular flexibility index (Phi) is 8.48. The fraction of sp³-hybridized carbons (Fsp3) is 0.387. The minimum absolute atomic E-state index is 0.223. The highest BCUT2D eigenvalue weighted by atomic mass is 19.4. The van der Waals surface area contributed by atoms with Gasteiger partial charge in [-0.25, -0.2) is 0 Å². The van der Waals surface area contributed by atoms with Crippen LogP contribution in [0, 0.1) is 17.2 Å². The van der Waals surface area contributed by atoms with E-state index in [1.807, 2.05) is 12.1 Å². The van der Waals surface area contributed by atoms with Crippen molar-refractivity contribution in [2.45, 2.75) is 50.1 Å². The molecule has 1 unspecified atom stereocenters. The zero-order valence-corrected chi connectivity index (χ0v) is 20.6. The van der Waals surface area contributed by atoms with Crippen molar-refractivity contribution in [2.75, 3.05) is 19.6 Å². The Hall–Kier alpha value is -3.10. The number of hydrogen-bond acceptors (Lipinski definition) is 2. The van der Waals surface area contributed by atoms with Crippen molar-refractivity contribution in [1.82, 2.24) is 4.90 Å². The first-order valence-electron chi connectivity index (χ1n) is 12.8. The Morgan fingerprint density at radius 3 is 1.67 bits per heavy atom. The minimum Gasteiger partial charge on any atom is -0.303 e. The van der Waals surface area contributed by atoms with Crippen LogP contribution in [0.1, 0.15) is 47.9 Å². The van der Waals surface area contributed by atoms with Gasteiger partial charge in [0.15, 0.2) is 0 Å². The van der Waals surface area contributed by atoms with E-state index in [1.54, 1.807) is 0 Å². The molecule has 1 aliphatic rings. The number of hydrogen-bond donors (Lipinski definition) is 0. The molecule has 36 heavy (non-hydrogen) atoms. The standard InChI is InChI=1S/C31H33F3N2/c32-31(33,34)29-16-14-28(15-17-29)30(24-35,27-12-13-27)20-7-21-36(22-18-25-8-3-1-4-9-25)23-19-26-10-5-2-6-11-26/h1-6,8-11,14-17,27H,7,12-13,18-23H2. The zero-order valence-electron chi connectivity index (χ0n) is 20.6. The van der Waals surface area contributed by atoms with Crippen molar-refractivity contribution >= 4 is 0 Å². The molecule has 0 heterocycles. The van der Waals surface area contributed by atoms with E-state index >= 15 is 0 Å². The molecular weight excluding hydrogens is 457 g/mol. The molecule has 0 spiro atoms. The average molecular weight is 491 g/mol. The van der Waals surface area contributed by atoms with Crippen molar-refractivity contribution in [3.63, 3.8) is 0 Å². The molecule has 2 nitrogen and oxygen atoms in total. The fourth-order valence-corrected chi connectivity index (χ4v) is 5.11. The van der Waals surface area contributed by atoms with E-state index < -0.39 is 17.2 Å². The Bertz CT molecular complexity index is 1070. The second kappa shape index (κ2) is 11.8. The zero-order chi connectivity index (χ0) is 25.4. The highest BCUT2D eigenvalue weighted by molar-refractivity contribution is 5.38. The summed E-state index contributed by atoms with van der Waals surface area (Å²) in [5, 5.41) is 10.3. The molecule has 0 N–H and O–H groups in total. The van der Waals surface area contributed by atoms with E-state index in [9.17, 15) is 18.4 Å². The lowest BCUT2D eigenvalue weighted by molar-refractivity contribution is -0.137. The lowest BCUT2D eigenvalue weighted by atomic mass is 9.73. The Labute approximate surface area is 212 Å². The van der Waals surface area contributed by atoms with Crippen LogP contribution in [0.5, 0.6) is 0 Å². The summed E-state index contributed by atoms with van der Waals surface area (Å²) in [4.78, 5) is 2.46. The molecule has 1 atom stereocenters. The van der Waals surface area contributed by atoms with Crippen LogP contribution in [-0.2, 0) is 24.4 Å². The van der Waals surface area contributed by atoms with Crippen molar-refractivity contribution in [3.05, 3.63) is 107 Å². The van der Waals surface area contributed by atoms with E-state index in [0.717, 1.165) is 69.4 Å². The van der Waals surface area contributed by atoms with Crippen LogP contribution in [0.25, 0.3) is 0 Å². The molecule has 0 amide bonds. The number of halogens is 3. The van der Waals surface area contributed by atoms with Gasteiger partial charge in [0.05, 0.1) is 17.0 Å². The van der Waals surface area contributed by atoms with E-state index in [1.165, 1.54) is 23.3 Å². The van der Waals surface area contributed by atoms with Crippen LogP contribution >= 0.6 is 0 Å². The Balaban J connectivity index is 1.43. The maximum absolute atomic E-state index is 13.1. The third-order valence-electron chi connectivity index (χ3n) is 7.37. The third-order valence-corrected chi connectivity index (χ3v) is 7.37. The predicted molar refractivity (Wildman–Crippen MR) is 137 cm³/mol. The van der Waals surface area contributed by atoms with Crippen LogP contribution in [0.2, 0.25) is 0 Å². The maximum Gasteiger partial charge on any atom is 0.416 e. The highest BCUT2D eigenvalue weighted by Crippen LogP contribution is 2.50. The Morgan fingerprint density at radius 1 is 0.722 bits per heavy atom. The molecule has 3 aromatic carbocycles. The van der Waals surface area contributed by atoms with Crippen LogP contribution in [-0.4, -0.2) is 24.5 Å². The number of alkyl halides is 3. The van der Waals surface area contributed by atoms with Gasteiger partial charge < -0.3 is 4.90 Å². The largest absolute Gasteiger partial charge is 0.416 e. The molecule has 0 radical (unpaired) electrons. The van der Waals surface area contributed by atoms with Gasteiger partial charge in [-0.2, -0.15) is 18.4 Å². The molecule has 0 bridgehead atoms. The van der Waals surface area contributed by atoms with Gasteiger partial charge in [0.1, 0.15) is 0 Å². The van der Waals surface area contributed by atoms with Gasteiger partial charge >= 0.3 is 6.18 Å². The van der Waals surface area contributed by atoms with Crippen molar-refractivity contribution < 1.29 is 13.2 Å². The summed E-state index contributed by atoms with van der Waals surface area (Å²) in [5.74, 6) is 0.223. The molecule has 0 saturated heterocycles. The third kappa shape index (κ3) is 6.77. The number of nitriles is 1. The van der Waals surface area contributed by atoms with Crippen LogP contribution in [0.4, 0.5) is 13.2 Å². The molecular formula is C31H33F3N2. The lowest BCUT2D eigenvalue weighted by Crippen LogP contribution is -2.32. The van der Waals surface area contributed by atoms with Crippen LogP contribution < -0.4 is 0 Å². The smallest absolute Gasteiger partial charge is 0.303 e. The fourth-order valence-electron chi connectivity index (χ4n) is 5.11. The van der Waals surface area contributed by atoms with Gasteiger partial charge in [0, 0.05) is 13.1 Å². The summed E-state index contributed by atoms with van der Waals surface area (Å²) in [7, 11) is 0. The van der Waals surface area contributed by atoms with Gasteiger partial charge in [-0.15, -0.1) is 0 Å². The van der Waals surface area contributed by atoms with Crippen LogP contribution in [0.15, 0.2) is 84.9 Å². The van der Waals surface area contributed by atoms with Crippen molar-refractivity contribution in [2.24, 2.45) is 5.92 Å². The monoisotopic (exact) mass is 490 g/mol. The second-order valence-electron chi connectivity index (χ2n) is 9.85. The molecule has 4 rings (SSSR count). The SMILES string of the molecule is N#CC(CCCN(CCc1ccccc1)CCc1ccccc1)(c1ccc(C(F)(F)F)cc1)C1CC1. The maximum atomic E-state index is 13.1. The number of nitrogens with zero attached hydrogens (tertiary/aromatic N) is 2. The van der Waals surface area contributed by atoms with Gasteiger partial charge in [-0.3, -0.25) is 0 Å². The number of benzene rings is 3. The predicted octanol–water partition coefficient (Wildman–Crippen LogP) is 7.44. The summed E-state index contributed by atoms with van der Waals surface area (Å²) in [6, 6.07) is 28.7. The van der Waals surface area contributed by atoms with Gasteiger partial charge in [0.25, 0.3) is 0 Å². The normalized spacial score (nSPS) is 15.4. The Morgan fingerprint density at radius 2 is 1.22 bits per heavy atom. The quantitative estimate of drug-likeness (QED) is 0.264. The van der Waals surface area contributed by atoms with E-state index in [0.29, 0.717) is 6.42 Å². The van der Waals surface area contributed by atoms with Crippen LogP contribution in [0.3, 0.4) is 0 Å². The van der Waals surface area contributed by atoms with Gasteiger partial charge in [-0.05, 0) is 79.8 Å². The average Bonchev–Trinajstić information content (AvgIpc) is 3.75. The molecule has 5 heteroatoms. The summed E-state index contributed by atoms with van der Waals surface area (Å²) >= 11 is 0. The summed E-state index contributed by atoms with van der Waals surface area (Å²) in [5.41, 5.74) is 1.95. The molecule has 3 aromatic rings. The summed E-state index contributed by atoms with van der Waals surface area (Å²) in [6.45, 7) is 2.72. The highest BCUT2D eigenvalue weighted by Gasteiger charge is 2.46. The van der Waals surface area contributed by atoms with Crippen molar-refractivity contribution in [3.8, 4) is 6.07 Å². The molecule has 1 aliphatic carbocycles. The lowest BCUT2D eigenvalue weighted by Gasteiger charge is -2.29. The van der Waals surface area contributed by atoms with E-state index in [-0.39, 0.29) is 5.92 Å². The molecule has 1 saturated carbocycles.